The van der Waals surface area contributed by atoms with E-state index < -0.39 is 0 Å². The Morgan fingerprint density at radius 3 is 2.62 bits per heavy atom. The molecule has 5 nitrogen and oxygen atoms in total. The lowest BCUT2D eigenvalue weighted by Gasteiger charge is -2.31. The van der Waals surface area contributed by atoms with E-state index in [0.29, 0.717) is 25.0 Å². The largest absolute Gasteiger partial charge is 0.378 e. The van der Waals surface area contributed by atoms with Crippen molar-refractivity contribution in [3.63, 3.8) is 0 Å². The van der Waals surface area contributed by atoms with Gasteiger partial charge >= 0.3 is 0 Å². The molecule has 0 radical (unpaired) electrons. The number of hydrogen-bond donors (Lipinski definition) is 2. The second-order valence-corrected chi connectivity index (χ2v) is 6.25. The summed E-state index contributed by atoms with van der Waals surface area (Å²) in [6.45, 7) is 9.18. The molecule has 0 saturated carbocycles. The molecular weight excluding hydrogens is 266 g/mol. The molecule has 2 aliphatic rings. The van der Waals surface area contributed by atoms with Crippen LogP contribution in [0, 0.1) is 5.92 Å². The van der Waals surface area contributed by atoms with Gasteiger partial charge in [-0.05, 0) is 64.3 Å². The maximum Gasteiger partial charge on any atom is 0.222 e. The Balaban J connectivity index is 1.49. The molecule has 0 bridgehead atoms. The summed E-state index contributed by atoms with van der Waals surface area (Å²) < 4.78 is 5.77. The van der Waals surface area contributed by atoms with Gasteiger partial charge in [0.2, 0.25) is 5.91 Å². The number of hydrogen-bond acceptors (Lipinski definition) is 4. The van der Waals surface area contributed by atoms with Crippen molar-refractivity contribution < 1.29 is 9.53 Å². The molecule has 1 amide bonds. The zero-order valence-corrected chi connectivity index (χ0v) is 13.4. The smallest absolute Gasteiger partial charge is 0.222 e. The maximum absolute atomic E-state index is 11.8. The van der Waals surface area contributed by atoms with Crippen LogP contribution in [0.2, 0.25) is 0 Å². The zero-order valence-electron chi connectivity index (χ0n) is 13.4. The number of likely N-dealkylation sites (tertiary alicyclic amines) is 1. The third-order valence-corrected chi connectivity index (χ3v) is 4.71. The van der Waals surface area contributed by atoms with E-state index >= 15 is 0 Å². The number of ether oxygens (including phenoxy) is 1. The van der Waals surface area contributed by atoms with E-state index in [1.165, 1.54) is 25.9 Å². The summed E-state index contributed by atoms with van der Waals surface area (Å²) >= 11 is 0. The maximum atomic E-state index is 11.8. The lowest BCUT2D eigenvalue weighted by atomic mass is 9.97. The third-order valence-electron chi connectivity index (χ3n) is 4.71. The van der Waals surface area contributed by atoms with E-state index in [-0.39, 0.29) is 5.91 Å². The van der Waals surface area contributed by atoms with Crippen LogP contribution < -0.4 is 10.6 Å². The van der Waals surface area contributed by atoms with E-state index in [4.69, 9.17) is 4.74 Å². The normalized spacial score (nSPS) is 22.3. The van der Waals surface area contributed by atoms with Crippen LogP contribution in [0.4, 0.5) is 0 Å². The highest BCUT2D eigenvalue weighted by molar-refractivity contribution is 5.75. The van der Waals surface area contributed by atoms with Crippen molar-refractivity contribution in [2.24, 2.45) is 5.92 Å². The van der Waals surface area contributed by atoms with Crippen molar-refractivity contribution >= 4 is 5.91 Å². The second-order valence-electron chi connectivity index (χ2n) is 6.25. The minimum atomic E-state index is 0.141. The Bertz CT molecular complexity index is 298. The van der Waals surface area contributed by atoms with Gasteiger partial charge in [-0.25, -0.2) is 0 Å². The van der Waals surface area contributed by atoms with Gasteiger partial charge in [0, 0.05) is 13.0 Å². The quantitative estimate of drug-likeness (QED) is 0.736. The molecule has 0 spiro atoms. The molecule has 0 unspecified atom stereocenters. The van der Waals surface area contributed by atoms with Gasteiger partial charge in [0.25, 0.3) is 0 Å². The number of piperidine rings is 2. The van der Waals surface area contributed by atoms with Crippen LogP contribution in [0.5, 0.6) is 0 Å². The number of amides is 1. The van der Waals surface area contributed by atoms with Crippen LogP contribution in [-0.2, 0) is 9.53 Å². The predicted octanol–water partition coefficient (Wildman–Crippen LogP) is 0.993. The molecule has 0 aliphatic carbocycles. The van der Waals surface area contributed by atoms with Crippen LogP contribution in [0.3, 0.4) is 0 Å². The van der Waals surface area contributed by atoms with Gasteiger partial charge in [-0.2, -0.15) is 0 Å². The van der Waals surface area contributed by atoms with Crippen molar-refractivity contribution in [3.8, 4) is 0 Å². The highest BCUT2D eigenvalue weighted by atomic mass is 16.5. The fourth-order valence-corrected chi connectivity index (χ4v) is 3.13. The second kappa shape index (κ2) is 9.38. The van der Waals surface area contributed by atoms with Gasteiger partial charge in [-0.3, -0.25) is 4.79 Å². The van der Waals surface area contributed by atoms with Gasteiger partial charge in [-0.15, -0.1) is 0 Å². The van der Waals surface area contributed by atoms with E-state index in [0.717, 1.165) is 39.0 Å². The summed E-state index contributed by atoms with van der Waals surface area (Å²) in [5, 5.41) is 6.39. The molecule has 122 valence electrons. The van der Waals surface area contributed by atoms with Crippen molar-refractivity contribution in [3.05, 3.63) is 0 Å². The molecular formula is C16H31N3O2. The van der Waals surface area contributed by atoms with Gasteiger partial charge in [-0.1, -0.05) is 6.92 Å². The molecule has 2 saturated heterocycles. The number of nitrogens with zero attached hydrogens (tertiary/aromatic N) is 1. The van der Waals surface area contributed by atoms with E-state index in [1.807, 2.05) is 0 Å². The zero-order chi connectivity index (χ0) is 14.9. The molecule has 2 N–H and O–H groups in total. The van der Waals surface area contributed by atoms with Crippen molar-refractivity contribution in [2.75, 3.05) is 45.9 Å². The predicted molar refractivity (Wildman–Crippen MR) is 84.3 cm³/mol. The first-order chi connectivity index (χ1) is 10.3. The molecule has 0 atom stereocenters. The molecule has 2 aliphatic heterocycles. The molecule has 0 aromatic rings. The van der Waals surface area contributed by atoms with Crippen LogP contribution in [0.15, 0.2) is 0 Å². The first-order valence-electron chi connectivity index (χ1n) is 8.59. The van der Waals surface area contributed by atoms with Crippen molar-refractivity contribution in [1.29, 1.82) is 0 Å². The Morgan fingerprint density at radius 1 is 1.24 bits per heavy atom. The topological polar surface area (TPSA) is 53.6 Å². The third kappa shape index (κ3) is 6.32. The minimum Gasteiger partial charge on any atom is -0.378 e. The van der Waals surface area contributed by atoms with Gasteiger partial charge in [0.1, 0.15) is 0 Å². The summed E-state index contributed by atoms with van der Waals surface area (Å²) in [6.07, 6.45) is 5.39. The van der Waals surface area contributed by atoms with E-state index in [9.17, 15) is 4.79 Å². The van der Waals surface area contributed by atoms with Crippen LogP contribution >= 0.6 is 0 Å². The molecule has 2 fully saturated rings. The minimum absolute atomic E-state index is 0.141. The van der Waals surface area contributed by atoms with Gasteiger partial charge in [0.05, 0.1) is 12.7 Å². The van der Waals surface area contributed by atoms with E-state index in [1.54, 1.807) is 0 Å². The summed E-state index contributed by atoms with van der Waals surface area (Å²) in [5.41, 5.74) is 0. The summed E-state index contributed by atoms with van der Waals surface area (Å²) in [6, 6.07) is 0. The van der Waals surface area contributed by atoms with Crippen molar-refractivity contribution in [1.82, 2.24) is 15.5 Å². The number of nitrogens with one attached hydrogen (secondary N) is 2. The lowest BCUT2D eigenvalue weighted by molar-refractivity contribution is -0.123. The van der Waals surface area contributed by atoms with Crippen molar-refractivity contribution in [2.45, 2.75) is 45.1 Å². The fraction of sp³-hybridized carbons (Fsp3) is 0.938. The molecule has 2 rings (SSSR count). The standard InChI is InChI=1S/C16H31N3O2/c1-2-19-10-5-14(6-11-19)13-18-16(20)7-12-21-15-3-8-17-9-4-15/h14-15,17H,2-13H2,1H3,(H,18,20). The molecule has 0 aromatic heterocycles. The Hall–Kier alpha value is -0.650. The monoisotopic (exact) mass is 297 g/mol. The lowest BCUT2D eigenvalue weighted by Crippen LogP contribution is -2.38. The summed E-state index contributed by atoms with van der Waals surface area (Å²) in [4.78, 5) is 14.3. The molecule has 5 heteroatoms. The first-order valence-corrected chi connectivity index (χ1v) is 8.59. The van der Waals surface area contributed by atoms with Crippen LogP contribution in [0.25, 0.3) is 0 Å². The number of carbonyl (C=O) groups is 1. The Kier molecular flexibility index (Phi) is 7.47. The SMILES string of the molecule is CCN1CCC(CNC(=O)CCOC2CCNCC2)CC1. The van der Waals surface area contributed by atoms with Crippen LogP contribution in [-0.4, -0.2) is 62.8 Å². The molecule has 21 heavy (non-hydrogen) atoms. The summed E-state index contributed by atoms with van der Waals surface area (Å²) in [7, 11) is 0. The number of carbonyl (C=O) groups excluding carboxylic acids is 1. The fourth-order valence-electron chi connectivity index (χ4n) is 3.13. The Labute approximate surface area is 128 Å². The molecule has 2 heterocycles. The first kappa shape index (κ1) is 16.7. The Morgan fingerprint density at radius 2 is 1.95 bits per heavy atom. The highest BCUT2D eigenvalue weighted by Crippen LogP contribution is 2.15. The number of rotatable bonds is 7. The average Bonchev–Trinajstić information content (AvgIpc) is 2.54. The van der Waals surface area contributed by atoms with E-state index in [2.05, 4.69) is 22.5 Å². The van der Waals surface area contributed by atoms with Gasteiger partial charge in [0.15, 0.2) is 0 Å². The molecule has 0 aromatic carbocycles. The van der Waals surface area contributed by atoms with Crippen LogP contribution in [0.1, 0.15) is 39.0 Å². The highest BCUT2D eigenvalue weighted by Gasteiger charge is 2.18. The summed E-state index contributed by atoms with van der Waals surface area (Å²) in [5.74, 6) is 0.795. The average molecular weight is 297 g/mol. The van der Waals surface area contributed by atoms with Gasteiger partial charge < -0.3 is 20.3 Å².